The van der Waals surface area contributed by atoms with Crippen LogP contribution < -0.4 is 0 Å². The first kappa shape index (κ1) is 12.0. The summed E-state index contributed by atoms with van der Waals surface area (Å²) >= 11 is 0. The molecule has 0 saturated carbocycles. The first-order valence-corrected chi connectivity index (χ1v) is 5.76. The third kappa shape index (κ3) is 4.32. The number of esters is 1. The van der Waals surface area contributed by atoms with E-state index in [1.54, 1.807) is 0 Å². The van der Waals surface area contributed by atoms with Gasteiger partial charge in [0.05, 0.1) is 12.5 Å². The highest BCUT2D eigenvalue weighted by molar-refractivity contribution is 5.71. The summed E-state index contributed by atoms with van der Waals surface area (Å²) in [5, 5.41) is 0. The maximum Gasteiger partial charge on any atom is 0.308 e. The van der Waals surface area contributed by atoms with Gasteiger partial charge in [0.25, 0.3) is 0 Å². The molecule has 84 valence electrons. The molecule has 0 amide bonds. The van der Waals surface area contributed by atoms with E-state index in [9.17, 15) is 4.79 Å². The lowest BCUT2D eigenvalue weighted by Crippen LogP contribution is -2.14. The number of hydrogen-bond acceptors (Lipinski definition) is 2. The Labute approximate surface area is 92.0 Å². The number of rotatable bonds is 5. The third-order valence-corrected chi connectivity index (χ3v) is 2.63. The van der Waals surface area contributed by atoms with Gasteiger partial charge in [0.15, 0.2) is 0 Å². The van der Waals surface area contributed by atoms with Crippen molar-refractivity contribution in [2.75, 3.05) is 6.61 Å². The van der Waals surface area contributed by atoms with Crippen molar-refractivity contribution >= 4 is 5.97 Å². The van der Waals surface area contributed by atoms with Crippen molar-refractivity contribution in [3.8, 4) is 0 Å². The van der Waals surface area contributed by atoms with Crippen molar-refractivity contribution in [1.82, 2.24) is 0 Å². The maximum atomic E-state index is 11.4. The summed E-state index contributed by atoms with van der Waals surface area (Å²) in [5.41, 5.74) is 1.36. The SMILES string of the molecule is CCOC(=O)[C@@H](C)CCC1=CCCC=C1. The first-order valence-electron chi connectivity index (χ1n) is 5.76. The summed E-state index contributed by atoms with van der Waals surface area (Å²) < 4.78 is 4.97. The molecule has 0 fully saturated rings. The van der Waals surface area contributed by atoms with E-state index in [0.717, 1.165) is 25.7 Å². The average Bonchev–Trinajstić information content (AvgIpc) is 2.27. The Bertz CT molecular complexity index is 264. The molecule has 0 heterocycles. The average molecular weight is 208 g/mol. The Morgan fingerprint density at radius 1 is 1.53 bits per heavy atom. The smallest absolute Gasteiger partial charge is 0.308 e. The molecule has 0 aliphatic heterocycles. The lowest BCUT2D eigenvalue weighted by Gasteiger charge is -2.11. The Hall–Kier alpha value is -1.05. The molecule has 2 nitrogen and oxygen atoms in total. The molecule has 0 unspecified atom stereocenters. The van der Waals surface area contributed by atoms with Crippen LogP contribution in [0.4, 0.5) is 0 Å². The van der Waals surface area contributed by atoms with Crippen LogP contribution in [0.3, 0.4) is 0 Å². The molecule has 0 bridgehead atoms. The molecule has 0 saturated heterocycles. The van der Waals surface area contributed by atoms with Gasteiger partial charge in [0.2, 0.25) is 0 Å². The molecule has 0 N–H and O–H groups in total. The second-order valence-electron chi connectivity index (χ2n) is 3.95. The summed E-state index contributed by atoms with van der Waals surface area (Å²) in [6.45, 7) is 4.26. The quantitative estimate of drug-likeness (QED) is 0.648. The predicted molar refractivity (Wildman–Crippen MR) is 61.5 cm³/mol. The Morgan fingerprint density at radius 3 is 2.93 bits per heavy atom. The predicted octanol–water partition coefficient (Wildman–Crippen LogP) is 3.24. The van der Waals surface area contributed by atoms with Crippen molar-refractivity contribution < 1.29 is 9.53 Å². The summed E-state index contributed by atoms with van der Waals surface area (Å²) in [6, 6.07) is 0. The van der Waals surface area contributed by atoms with Crippen LogP contribution in [0.15, 0.2) is 23.8 Å². The van der Waals surface area contributed by atoms with Gasteiger partial charge in [-0.15, -0.1) is 0 Å². The van der Waals surface area contributed by atoms with Gasteiger partial charge in [-0.25, -0.2) is 0 Å². The summed E-state index contributed by atoms with van der Waals surface area (Å²) in [5.74, 6) is -0.0564. The molecule has 0 aromatic rings. The van der Waals surface area contributed by atoms with Gasteiger partial charge >= 0.3 is 5.97 Å². The highest BCUT2D eigenvalue weighted by atomic mass is 16.5. The molecule has 0 aromatic carbocycles. The van der Waals surface area contributed by atoms with Crippen LogP contribution in [0.1, 0.15) is 39.5 Å². The minimum atomic E-state index is -0.0714. The van der Waals surface area contributed by atoms with Crippen molar-refractivity contribution in [1.29, 1.82) is 0 Å². The monoisotopic (exact) mass is 208 g/mol. The molecule has 1 atom stereocenters. The number of carbonyl (C=O) groups is 1. The molecule has 1 rings (SSSR count). The van der Waals surface area contributed by atoms with Gasteiger partial charge in [-0.05, 0) is 32.6 Å². The van der Waals surface area contributed by atoms with Gasteiger partial charge < -0.3 is 4.74 Å². The minimum absolute atomic E-state index is 0.0150. The van der Waals surface area contributed by atoms with E-state index < -0.39 is 0 Å². The highest BCUT2D eigenvalue weighted by Gasteiger charge is 2.13. The van der Waals surface area contributed by atoms with Crippen molar-refractivity contribution in [2.45, 2.75) is 39.5 Å². The van der Waals surface area contributed by atoms with Gasteiger partial charge in [0, 0.05) is 0 Å². The van der Waals surface area contributed by atoms with Crippen molar-refractivity contribution in [2.24, 2.45) is 5.92 Å². The van der Waals surface area contributed by atoms with Crippen LogP contribution in [0, 0.1) is 5.92 Å². The summed E-state index contributed by atoms with van der Waals surface area (Å²) in [4.78, 5) is 11.4. The molecule has 0 aromatic heterocycles. The van der Waals surface area contributed by atoms with E-state index in [0.29, 0.717) is 6.61 Å². The maximum absolute atomic E-state index is 11.4. The Kier molecular flexibility index (Phi) is 5.16. The zero-order chi connectivity index (χ0) is 11.1. The van der Waals surface area contributed by atoms with E-state index in [1.165, 1.54) is 5.57 Å². The van der Waals surface area contributed by atoms with Gasteiger partial charge in [-0.2, -0.15) is 0 Å². The molecular formula is C13H20O2. The molecule has 15 heavy (non-hydrogen) atoms. The first-order chi connectivity index (χ1) is 7.24. The highest BCUT2D eigenvalue weighted by Crippen LogP contribution is 2.18. The topological polar surface area (TPSA) is 26.3 Å². The molecule has 1 aliphatic rings. The third-order valence-electron chi connectivity index (χ3n) is 2.63. The largest absolute Gasteiger partial charge is 0.466 e. The van der Waals surface area contributed by atoms with E-state index in [4.69, 9.17) is 4.74 Å². The van der Waals surface area contributed by atoms with E-state index in [-0.39, 0.29) is 11.9 Å². The second kappa shape index (κ2) is 6.44. The lowest BCUT2D eigenvalue weighted by molar-refractivity contribution is -0.147. The summed E-state index contributed by atoms with van der Waals surface area (Å²) in [7, 11) is 0. The molecular weight excluding hydrogens is 188 g/mol. The lowest BCUT2D eigenvalue weighted by atomic mass is 9.97. The van der Waals surface area contributed by atoms with E-state index >= 15 is 0 Å². The fraction of sp³-hybridized carbons (Fsp3) is 0.615. The zero-order valence-corrected chi connectivity index (χ0v) is 9.66. The zero-order valence-electron chi connectivity index (χ0n) is 9.66. The van der Waals surface area contributed by atoms with Crippen LogP contribution in [0.5, 0.6) is 0 Å². The molecule has 0 radical (unpaired) electrons. The summed E-state index contributed by atoms with van der Waals surface area (Å²) in [6.07, 6.45) is 10.8. The van der Waals surface area contributed by atoms with Crippen LogP contribution in [0.25, 0.3) is 0 Å². The number of carbonyl (C=O) groups excluding carboxylic acids is 1. The number of allylic oxidation sites excluding steroid dienone is 4. The second-order valence-corrected chi connectivity index (χ2v) is 3.95. The van der Waals surface area contributed by atoms with E-state index in [2.05, 4.69) is 18.2 Å². The Balaban J connectivity index is 2.27. The molecule has 2 heteroatoms. The molecule has 0 spiro atoms. The van der Waals surface area contributed by atoms with Crippen LogP contribution in [-0.2, 0) is 9.53 Å². The van der Waals surface area contributed by atoms with E-state index in [1.807, 2.05) is 13.8 Å². The van der Waals surface area contributed by atoms with Gasteiger partial charge in [0.1, 0.15) is 0 Å². The minimum Gasteiger partial charge on any atom is -0.466 e. The number of ether oxygens (including phenoxy) is 1. The van der Waals surface area contributed by atoms with Crippen molar-refractivity contribution in [3.05, 3.63) is 23.8 Å². The Morgan fingerprint density at radius 2 is 2.33 bits per heavy atom. The van der Waals surface area contributed by atoms with Crippen molar-refractivity contribution in [3.63, 3.8) is 0 Å². The molecule has 1 aliphatic carbocycles. The standard InChI is InChI=1S/C13H20O2/c1-3-15-13(14)11(2)9-10-12-7-5-4-6-8-12/h5,7-8,11H,3-4,6,9-10H2,1-2H3/t11-/m0/s1. The fourth-order valence-electron chi connectivity index (χ4n) is 1.64. The normalized spacial score (nSPS) is 17.1. The van der Waals surface area contributed by atoms with Crippen LogP contribution in [-0.4, -0.2) is 12.6 Å². The van der Waals surface area contributed by atoms with Crippen LogP contribution in [0.2, 0.25) is 0 Å². The number of hydrogen-bond donors (Lipinski definition) is 0. The fourth-order valence-corrected chi connectivity index (χ4v) is 1.64. The van der Waals surface area contributed by atoms with Gasteiger partial charge in [-0.1, -0.05) is 30.7 Å². The van der Waals surface area contributed by atoms with Gasteiger partial charge in [-0.3, -0.25) is 4.79 Å². The van der Waals surface area contributed by atoms with Crippen LogP contribution >= 0.6 is 0 Å².